The number of carbonyl (C=O) groups is 4. The van der Waals surface area contributed by atoms with Crippen LogP contribution in [0.2, 0.25) is 0 Å². The third-order valence-electron chi connectivity index (χ3n) is 22.9. The molecule has 25 atom stereocenters. The SMILES string of the molecule is CCOS(=O)(=O)CC[C@H]1O[C@H](O[C@H]2[C@H](OC)[C@@H](OC(C)=O)[C@H](O[C@H]3[C@H](OCc4ccccc4)[C@@H](OCc4ccccc4)[C@@H](OC)O[C@@H]3COCc3ccccc3)O[C@H]2C(=O)OC)[C@H](OCc2ccccc2)[C@@H](OCc2ccccc2)[C@@H]1O[C@@H]1O[C@H](COCc2ccc3ccccc3c2)[C@@H](O[C@H]2O[C@H](COCc3ccccc3)[C@@H](OC)[C@H](OC)[C@H]2OC)[C@H](OC(C)=O)[C@H]1OC(C)=O. The van der Waals surface area contributed by atoms with Crippen molar-refractivity contribution in [3.8, 4) is 0 Å². The predicted octanol–water partition coefficient (Wildman–Crippen LogP) is 10.7. The maximum absolute atomic E-state index is 15.2. The molecule has 0 saturated carbocycles. The Balaban J connectivity index is 0.906. The standard InChI is InChI=1S/C98H118O32S/c1-11-118-131(103,104)49-48-73-78(126-97-92(121-63(4)101)85(119-61(2)99)80(76(125-97)60-113-53-70-46-47-71-44-30-31-45-72(71)50-70)128-95-88(108-8)81(106-6)77(105-5)74(124-95)58-111-51-64-32-18-12-19-33-64)83(114-54-66-36-22-14-23-37-66)90(117-57-69-42-28-17-29-43-69)96(122-73)129-86-82(107-7)91(120-62(3)100)98(130-87(86)93(102)109-9)127-79-75(59-112-52-65-34-20-13-21-35-65)123-94(110-10)89(116-56-68-40-26-16-27-41-68)84(79)115-55-67-38-24-15-25-39-67/h12-47,50,73-92,94-98H,11,48-49,51-60H2,1-10H3/t73-,74-,75-,76-,77-,78-,79-,80-,81+,82+,83+,84+,85+,86+,87-,88-,89-,90-,91-,92-,94+,95-,96-,97+,98-/m1/s1. The summed E-state index contributed by atoms with van der Waals surface area (Å²) in [6, 6.07) is 69.5. The van der Waals surface area contributed by atoms with E-state index in [0.717, 1.165) is 66.5 Å². The third-order valence-corrected chi connectivity index (χ3v) is 24.3. The molecule has 32 nitrogen and oxygen atoms in total. The van der Waals surface area contributed by atoms with Crippen LogP contribution in [-0.4, -0.2) is 261 Å². The van der Waals surface area contributed by atoms with Crippen LogP contribution in [0.15, 0.2) is 224 Å². The second-order valence-corrected chi connectivity index (χ2v) is 33.7. The molecule has 0 spiro atoms. The number of carbonyl (C=O) groups excluding carboxylic acids is 4. The van der Waals surface area contributed by atoms with Gasteiger partial charge in [-0.1, -0.05) is 218 Å². The van der Waals surface area contributed by atoms with Crippen molar-refractivity contribution in [2.75, 3.05) is 74.8 Å². The van der Waals surface area contributed by atoms with Crippen molar-refractivity contribution in [3.05, 3.63) is 263 Å². The molecule has 5 aliphatic rings. The fourth-order valence-electron chi connectivity index (χ4n) is 16.8. The van der Waals surface area contributed by atoms with E-state index in [0.29, 0.717) is 11.1 Å². The number of benzene rings is 8. The molecule has 5 saturated heterocycles. The summed E-state index contributed by atoms with van der Waals surface area (Å²) in [4.78, 5) is 57.7. The molecule has 708 valence electrons. The monoisotopic (exact) mass is 1840 g/mol. The molecule has 5 fully saturated rings. The van der Waals surface area contributed by atoms with Gasteiger partial charge in [-0.15, -0.1) is 0 Å². The van der Waals surface area contributed by atoms with E-state index >= 15 is 4.79 Å². The average Bonchev–Trinajstić information content (AvgIpc) is 0.753. The fraction of sp³-hybridized carbons (Fsp3) is 0.490. The largest absolute Gasteiger partial charge is 0.467 e. The molecule has 33 heteroatoms. The minimum Gasteiger partial charge on any atom is -0.467 e. The summed E-state index contributed by atoms with van der Waals surface area (Å²) in [5.41, 5.74) is 5.29. The number of methoxy groups -OCH3 is 6. The number of hydrogen-bond acceptors (Lipinski definition) is 32. The van der Waals surface area contributed by atoms with E-state index in [2.05, 4.69) is 0 Å². The zero-order valence-corrected chi connectivity index (χ0v) is 75.8. The first-order chi connectivity index (χ1) is 63.8. The zero-order chi connectivity index (χ0) is 92.2. The van der Waals surface area contributed by atoms with Gasteiger partial charge in [-0.3, -0.25) is 18.6 Å². The predicted molar refractivity (Wildman–Crippen MR) is 468 cm³/mol. The van der Waals surface area contributed by atoms with Gasteiger partial charge >= 0.3 is 23.9 Å². The summed E-state index contributed by atoms with van der Waals surface area (Å²) in [5.74, 6) is -4.49. The van der Waals surface area contributed by atoms with Crippen LogP contribution in [-0.2, 0) is 198 Å². The summed E-state index contributed by atoms with van der Waals surface area (Å²) in [7, 11) is 3.83. The Morgan fingerprint density at radius 1 is 0.305 bits per heavy atom. The lowest BCUT2D eigenvalue weighted by Crippen LogP contribution is -2.69. The molecule has 131 heavy (non-hydrogen) atoms. The van der Waals surface area contributed by atoms with Crippen molar-refractivity contribution in [3.63, 3.8) is 0 Å². The molecule has 0 radical (unpaired) electrons. The summed E-state index contributed by atoms with van der Waals surface area (Å²) in [6.07, 6.45) is -37.1. The first kappa shape index (κ1) is 99.4. The molecule has 0 bridgehead atoms. The van der Waals surface area contributed by atoms with Gasteiger partial charge in [0.05, 0.1) is 91.6 Å². The molecular weight excluding hydrogens is 1720 g/mol. The highest BCUT2D eigenvalue weighted by Crippen LogP contribution is 2.43. The molecule has 0 aliphatic carbocycles. The van der Waals surface area contributed by atoms with Crippen molar-refractivity contribution in [2.45, 2.75) is 234 Å². The summed E-state index contributed by atoms with van der Waals surface area (Å²) >= 11 is 0. The van der Waals surface area contributed by atoms with Gasteiger partial charge in [0.1, 0.15) is 91.6 Å². The van der Waals surface area contributed by atoms with Crippen LogP contribution >= 0.6 is 0 Å². The Labute approximate surface area is 763 Å². The van der Waals surface area contributed by atoms with Crippen LogP contribution in [0.1, 0.15) is 73.1 Å². The number of fused-ring (bicyclic) bond motifs is 1. The first-order valence-electron chi connectivity index (χ1n) is 43.7. The molecule has 8 aromatic rings. The number of esters is 4. The van der Waals surface area contributed by atoms with E-state index < -0.39 is 200 Å². The molecule has 8 aromatic carbocycles. The van der Waals surface area contributed by atoms with Crippen LogP contribution in [0.3, 0.4) is 0 Å². The minimum atomic E-state index is -4.46. The Hall–Kier alpha value is -9.03. The molecule has 0 unspecified atom stereocenters. The van der Waals surface area contributed by atoms with Crippen LogP contribution in [0.4, 0.5) is 0 Å². The Bertz CT molecular complexity index is 4880. The second kappa shape index (κ2) is 49.8. The van der Waals surface area contributed by atoms with Gasteiger partial charge in [-0.25, -0.2) is 4.79 Å². The summed E-state index contributed by atoms with van der Waals surface area (Å²) < 4.78 is 202. The molecule has 13 rings (SSSR count). The lowest BCUT2D eigenvalue weighted by atomic mass is 9.93. The molecule has 0 amide bonds. The zero-order valence-electron chi connectivity index (χ0n) is 75.0. The number of rotatable bonds is 46. The van der Waals surface area contributed by atoms with Crippen molar-refractivity contribution in [2.24, 2.45) is 0 Å². The van der Waals surface area contributed by atoms with Crippen molar-refractivity contribution < 1.29 is 150 Å². The number of hydrogen-bond donors (Lipinski definition) is 0. The Kier molecular flexibility index (Phi) is 37.8. The van der Waals surface area contributed by atoms with Gasteiger partial charge in [0, 0.05) is 56.3 Å². The third kappa shape index (κ3) is 27.2. The van der Waals surface area contributed by atoms with Crippen LogP contribution in [0, 0.1) is 0 Å². The minimum absolute atomic E-state index is 0.000202. The van der Waals surface area contributed by atoms with Gasteiger partial charge < -0.3 is 118 Å². The van der Waals surface area contributed by atoms with Gasteiger partial charge in [0.2, 0.25) is 0 Å². The Morgan fingerprint density at radius 3 is 1.08 bits per heavy atom. The van der Waals surface area contributed by atoms with Crippen molar-refractivity contribution in [1.29, 1.82) is 0 Å². The molecule has 5 aliphatic heterocycles. The van der Waals surface area contributed by atoms with Crippen LogP contribution in [0.25, 0.3) is 10.8 Å². The van der Waals surface area contributed by atoms with Gasteiger partial charge in [0.25, 0.3) is 10.1 Å². The van der Waals surface area contributed by atoms with Crippen LogP contribution < -0.4 is 0 Å². The maximum Gasteiger partial charge on any atom is 0.337 e. The first-order valence-corrected chi connectivity index (χ1v) is 45.2. The highest BCUT2D eigenvalue weighted by molar-refractivity contribution is 7.86. The van der Waals surface area contributed by atoms with E-state index in [1.807, 2.05) is 176 Å². The van der Waals surface area contributed by atoms with E-state index in [1.54, 1.807) is 48.5 Å². The molecule has 5 heterocycles. The van der Waals surface area contributed by atoms with Gasteiger partial charge in [0.15, 0.2) is 55.9 Å². The average molecular weight is 1840 g/mol. The van der Waals surface area contributed by atoms with Gasteiger partial charge in [-0.05, 0) is 69.1 Å². The molecular formula is C98H118O32S. The normalized spacial score (nSPS) is 29.3. The summed E-state index contributed by atoms with van der Waals surface area (Å²) in [5, 5.41) is 1.91. The smallest absolute Gasteiger partial charge is 0.337 e. The maximum atomic E-state index is 15.2. The van der Waals surface area contributed by atoms with E-state index in [4.69, 9.17) is 123 Å². The van der Waals surface area contributed by atoms with E-state index in [-0.39, 0.29) is 72.7 Å². The fourth-order valence-corrected chi connectivity index (χ4v) is 17.8. The lowest BCUT2D eigenvalue weighted by Gasteiger charge is -2.52. The molecule has 0 aromatic heterocycles. The van der Waals surface area contributed by atoms with E-state index in [9.17, 15) is 22.8 Å². The highest BCUT2D eigenvalue weighted by Gasteiger charge is 2.62. The quantitative estimate of drug-likeness (QED) is 0.0194. The number of ether oxygens (including phenoxy) is 25. The highest BCUT2D eigenvalue weighted by atomic mass is 32.2. The van der Waals surface area contributed by atoms with Crippen LogP contribution in [0.5, 0.6) is 0 Å². The second-order valence-electron chi connectivity index (χ2n) is 32.0. The summed E-state index contributed by atoms with van der Waals surface area (Å²) in [6.45, 7) is 3.98. The Morgan fingerprint density at radius 2 is 0.641 bits per heavy atom. The van der Waals surface area contributed by atoms with Crippen molar-refractivity contribution in [1.82, 2.24) is 0 Å². The molecule has 0 N–H and O–H groups in total. The van der Waals surface area contributed by atoms with Gasteiger partial charge in [-0.2, -0.15) is 8.42 Å². The van der Waals surface area contributed by atoms with E-state index in [1.165, 1.54) is 42.5 Å². The van der Waals surface area contributed by atoms with Crippen molar-refractivity contribution >= 4 is 44.8 Å². The lowest BCUT2D eigenvalue weighted by molar-refractivity contribution is -0.397. The topological polar surface area (TPSA) is 342 Å².